The Morgan fingerprint density at radius 1 is 1.40 bits per heavy atom. The van der Waals surface area contributed by atoms with Crippen LogP contribution < -0.4 is 5.32 Å². The zero-order chi connectivity index (χ0) is 6.97. The minimum atomic E-state index is -0.550. The predicted molar refractivity (Wildman–Crippen MR) is 38.3 cm³/mol. The van der Waals surface area contributed by atoms with Crippen LogP contribution in [0.4, 0.5) is 4.39 Å². The van der Waals surface area contributed by atoms with Gasteiger partial charge in [0.2, 0.25) is 0 Å². The molecule has 3 atom stereocenters. The molecule has 56 valence electrons. The second kappa shape index (κ2) is 2.26. The Kier molecular flexibility index (Phi) is 1.40. The van der Waals surface area contributed by atoms with E-state index in [2.05, 4.69) is 11.4 Å². The van der Waals surface area contributed by atoms with Crippen LogP contribution in [0.3, 0.4) is 0 Å². The number of nitrogens with one attached hydrogen (secondary N) is 1. The van der Waals surface area contributed by atoms with E-state index >= 15 is 0 Å². The van der Waals surface area contributed by atoms with Gasteiger partial charge in [-0.2, -0.15) is 0 Å². The number of alkyl halides is 1. The van der Waals surface area contributed by atoms with Crippen molar-refractivity contribution in [2.24, 2.45) is 5.92 Å². The maximum atomic E-state index is 12.8. The fourth-order valence-corrected chi connectivity index (χ4v) is 1.87. The minimum absolute atomic E-state index is 0.476. The molecule has 1 nitrogen and oxygen atoms in total. The van der Waals surface area contributed by atoms with Gasteiger partial charge in [0.15, 0.2) is 0 Å². The fourth-order valence-electron chi connectivity index (χ4n) is 1.87. The summed E-state index contributed by atoms with van der Waals surface area (Å²) in [4.78, 5) is 0. The van der Waals surface area contributed by atoms with Crippen molar-refractivity contribution in [1.29, 1.82) is 0 Å². The van der Waals surface area contributed by atoms with E-state index in [4.69, 9.17) is 0 Å². The van der Waals surface area contributed by atoms with Crippen molar-refractivity contribution >= 4 is 0 Å². The molecule has 1 N–H and O–H groups in total. The van der Waals surface area contributed by atoms with E-state index < -0.39 is 6.17 Å². The Morgan fingerprint density at radius 2 is 2.30 bits per heavy atom. The van der Waals surface area contributed by atoms with Crippen LogP contribution in [0.5, 0.6) is 0 Å². The quantitative estimate of drug-likeness (QED) is 0.540. The highest BCUT2D eigenvalue weighted by Crippen LogP contribution is 2.30. The van der Waals surface area contributed by atoms with Crippen molar-refractivity contribution in [3.05, 3.63) is 12.3 Å². The van der Waals surface area contributed by atoms with Crippen LogP contribution in [0.2, 0.25) is 0 Å². The summed E-state index contributed by atoms with van der Waals surface area (Å²) in [5.74, 6) is 0.476. The van der Waals surface area contributed by atoms with Crippen molar-refractivity contribution in [2.45, 2.75) is 31.5 Å². The van der Waals surface area contributed by atoms with E-state index in [1.165, 1.54) is 0 Å². The van der Waals surface area contributed by atoms with Crippen LogP contribution in [0.15, 0.2) is 12.3 Å². The molecule has 0 aromatic carbocycles. The van der Waals surface area contributed by atoms with Crippen molar-refractivity contribution in [3.8, 4) is 0 Å². The first-order valence-corrected chi connectivity index (χ1v) is 3.93. The van der Waals surface area contributed by atoms with E-state index in [1.54, 1.807) is 0 Å². The van der Waals surface area contributed by atoms with Gasteiger partial charge in [0, 0.05) is 12.0 Å². The average molecular weight is 141 g/mol. The highest BCUT2D eigenvalue weighted by atomic mass is 19.1. The molecule has 0 spiro atoms. The summed E-state index contributed by atoms with van der Waals surface area (Å²) in [5, 5.41) is 3.23. The Hall–Kier alpha value is -0.530. The molecule has 2 rings (SSSR count). The maximum Gasteiger partial charge on any atom is 0.101 e. The van der Waals surface area contributed by atoms with Crippen molar-refractivity contribution < 1.29 is 4.39 Å². The molecule has 1 heterocycles. The first-order valence-electron chi connectivity index (χ1n) is 3.93. The molecule has 0 aromatic rings. The largest absolute Gasteiger partial charge is 0.388 e. The van der Waals surface area contributed by atoms with E-state index in [0.29, 0.717) is 12.0 Å². The third-order valence-corrected chi connectivity index (χ3v) is 2.49. The molecule has 2 aliphatic rings. The first kappa shape index (κ1) is 6.20. The number of hydrogen-bond acceptors (Lipinski definition) is 1. The number of hydrogen-bond donors (Lipinski definition) is 1. The van der Waals surface area contributed by atoms with E-state index in [9.17, 15) is 4.39 Å². The standard InChI is InChI=1S/C8H12FN/c9-7-1-2-8-6(5-7)3-4-10-8/h3-4,6-8,10H,1-2,5H2. The maximum absolute atomic E-state index is 12.8. The molecule has 1 saturated carbocycles. The summed E-state index contributed by atoms with van der Waals surface area (Å²) in [5.41, 5.74) is 0. The van der Waals surface area contributed by atoms with Crippen molar-refractivity contribution in [3.63, 3.8) is 0 Å². The van der Waals surface area contributed by atoms with Crippen molar-refractivity contribution in [1.82, 2.24) is 5.32 Å². The highest BCUT2D eigenvalue weighted by Gasteiger charge is 2.30. The molecule has 10 heavy (non-hydrogen) atoms. The lowest BCUT2D eigenvalue weighted by Crippen LogP contribution is -2.33. The zero-order valence-electron chi connectivity index (χ0n) is 5.89. The predicted octanol–water partition coefficient (Wildman–Crippen LogP) is 1.61. The average Bonchev–Trinajstić information content (AvgIpc) is 2.33. The lowest BCUT2D eigenvalue weighted by atomic mass is 9.85. The molecule has 0 saturated heterocycles. The Morgan fingerprint density at radius 3 is 3.20 bits per heavy atom. The van der Waals surface area contributed by atoms with Crippen LogP contribution in [0, 0.1) is 5.92 Å². The van der Waals surface area contributed by atoms with Gasteiger partial charge < -0.3 is 5.32 Å². The lowest BCUT2D eigenvalue weighted by Gasteiger charge is -2.27. The Balaban J connectivity index is 2.01. The number of halogens is 1. The number of rotatable bonds is 0. The van der Waals surface area contributed by atoms with Crippen LogP contribution in [-0.2, 0) is 0 Å². The summed E-state index contributed by atoms with van der Waals surface area (Å²) >= 11 is 0. The highest BCUT2D eigenvalue weighted by molar-refractivity contribution is 5.05. The van der Waals surface area contributed by atoms with Gasteiger partial charge in [-0.3, -0.25) is 0 Å². The zero-order valence-corrected chi connectivity index (χ0v) is 5.89. The molecule has 2 heteroatoms. The van der Waals surface area contributed by atoms with Crippen LogP contribution in [-0.4, -0.2) is 12.2 Å². The monoisotopic (exact) mass is 141 g/mol. The SMILES string of the molecule is FC1CCC2NC=CC2C1. The fraction of sp³-hybridized carbons (Fsp3) is 0.750. The molecule has 3 unspecified atom stereocenters. The van der Waals surface area contributed by atoms with E-state index in [0.717, 1.165) is 19.3 Å². The summed E-state index contributed by atoms with van der Waals surface area (Å²) < 4.78 is 12.8. The van der Waals surface area contributed by atoms with Crippen LogP contribution >= 0.6 is 0 Å². The second-order valence-corrected chi connectivity index (χ2v) is 3.21. The van der Waals surface area contributed by atoms with Gasteiger partial charge in [0.05, 0.1) is 0 Å². The van der Waals surface area contributed by atoms with Gasteiger partial charge in [-0.1, -0.05) is 6.08 Å². The van der Waals surface area contributed by atoms with Gasteiger partial charge in [-0.05, 0) is 25.5 Å². The molecule has 0 amide bonds. The molecule has 1 aliphatic carbocycles. The molecule has 0 radical (unpaired) electrons. The summed E-state index contributed by atoms with van der Waals surface area (Å²) in [6, 6.07) is 0.548. The Labute approximate surface area is 60.3 Å². The smallest absolute Gasteiger partial charge is 0.101 e. The van der Waals surface area contributed by atoms with Crippen molar-refractivity contribution in [2.75, 3.05) is 0 Å². The van der Waals surface area contributed by atoms with Gasteiger partial charge >= 0.3 is 0 Å². The molecular weight excluding hydrogens is 129 g/mol. The first-order chi connectivity index (χ1) is 4.86. The van der Waals surface area contributed by atoms with Gasteiger partial charge in [-0.15, -0.1) is 0 Å². The van der Waals surface area contributed by atoms with Gasteiger partial charge in [0.25, 0.3) is 0 Å². The third-order valence-electron chi connectivity index (χ3n) is 2.49. The van der Waals surface area contributed by atoms with Gasteiger partial charge in [0.1, 0.15) is 6.17 Å². The minimum Gasteiger partial charge on any atom is -0.388 e. The normalized spacial score (nSPS) is 44.7. The molecule has 0 bridgehead atoms. The van der Waals surface area contributed by atoms with Gasteiger partial charge in [-0.25, -0.2) is 4.39 Å². The van der Waals surface area contributed by atoms with Crippen LogP contribution in [0.1, 0.15) is 19.3 Å². The Bertz CT molecular complexity index is 155. The van der Waals surface area contributed by atoms with Crippen LogP contribution in [0.25, 0.3) is 0 Å². The summed E-state index contributed by atoms with van der Waals surface area (Å²) in [7, 11) is 0. The lowest BCUT2D eigenvalue weighted by molar-refractivity contribution is 0.199. The summed E-state index contributed by atoms with van der Waals surface area (Å²) in [6.07, 6.45) is 5.98. The molecule has 0 aromatic heterocycles. The van der Waals surface area contributed by atoms with E-state index in [-0.39, 0.29) is 0 Å². The topological polar surface area (TPSA) is 12.0 Å². The van der Waals surface area contributed by atoms with E-state index in [1.807, 2.05) is 6.20 Å². The molecule has 1 aliphatic heterocycles. The molecule has 1 fully saturated rings. The third kappa shape index (κ3) is 0.917. The molecular formula is C8H12FN. The number of fused-ring (bicyclic) bond motifs is 1. The second-order valence-electron chi connectivity index (χ2n) is 3.21. The summed E-state index contributed by atoms with van der Waals surface area (Å²) in [6.45, 7) is 0.